The first-order valence-corrected chi connectivity index (χ1v) is 21.1. The van der Waals surface area contributed by atoms with Crippen LogP contribution in [0, 0.1) is 20.0 Å². The average Bonchev–Trinajstić information content (AvgIpc) is 0.647. The number of pyridine rings is 1. The Bertz CT molecular complexity index is 5370. The van der Waals surface area contributed by atoms with Crippen LogP contribution in [0.1, 0.15) is 110 Å². The van der Waals surface area contributed by atoms with Crippen molar-refractivity contribution in [3.05, 3.63) is 223 Å². The van der Waals surface area contributed by atoms with Gasteiger partial charge < -0.3 is 4.74 Å². The summed E-state index contributed by atoms with van der Waals surface area (Å²) < 4.78 is 324. The van der Waals surface area contributed by atoms with Crippen molar-refractivity contribution in [2.75, 3.05) is 0 Å². The van der Waals surface area contributed by atoms with Gasteiger partial charge in [-0.1, -0.05) is 172 Å². The molecule has 3 aromatic heterocycles. The normalized spacial score (nSPS) is 24.0. The van der Waals surface area contributed by atoms with Crippen LogP contribution in [0.25, 0.3) is 83.4 Å². The number of hydrogen-bond donors (Lipinski definition) is 0. The fourth-order valence-corrected chi connectivity index (χ4v) is 8.71. The molecule has 0 unspecified atom stereocenters. The average molecular weight is 930 g/mol. The lowest BCUT2D eigenvalue weighted by atomic mass is 9.63. The van der Waals surface area contributed by atoms with E-state index in [4.69, 9.17) is 40.4 Å². The van der Waals surface area contributed by atoms with Gasteiger partial charge in [-0.2, -0.15) is 0 Å². The maximum atomic E-state index is 10.2. The van der Waals surface area contributed by atoms with E-state index in [0.717, 1.165) is 22.9 Å². The summed E-state index contributed by atoms with van der Waals surface area (Å²) in [5.74, 6) is 0.319. The first kappa shape index (κ1) is 19.2. The predicted octanol–water partition coefficient (Wildman–Crippen LogP) is 16.0. The molecule has 0 bridgehead atoms. The Morgan fingerprint density at radius 3 is 2.09 bits per heavy atom. The van der Waals surface area contributed by atoms with Gasteiger partial charge in [0, 0.05) is 58.8 Å². The van der Waals surface area contributed by atoms with Crippen molar-refractivity contribution in [1.29, 1.82) is 0 Å². The number of fused-ring (bicyclic) bond motifs is 5. The fraction of sp³-hybridized carbons (Fsp3) is 0.156. The van der Waals surface area contributed by atoms with Crippen LogP contribution in [0.4, 0.5) is 0 Å². The van der Waals surface area contributed by atoms with Gasteiger partial charge in [0.05, 0.1) is 51.3 Å². The van der Waals surface area contributed by atoms with Crippen LogP contribution in [-0.2, 0) is 10.8 Å². The molecule has 0 atom stereocenters. The molecule has 0 amide bonds. The van der Waals surface area contributed by atoms with E-state index in [-0.39, 0.29) is 50.7 Å². The topological polar surface area (TPSA) is 35.9 Å². The smallest absolute Gasteiger partial charge is 0.269 e. The molecule has 1 aliphatic carbocycles. The van der Waals surface area contributed by atoms with Crippen molar-refractivity contribution >= 4 is 32.8 Å². The fourth-order valence-electron chi connectivity index (χ4n) is 8.71. The van der Waals surface area contributed by atoms with Gasteiger partial charge in [-0.25, -0.2) is 4.98 Å². The molecule has 0 aliphatic heterocycles. The third kappa shape index (κ3) is 7.32. The third-order valence-corrected chi connectivity index (χ3v) is 11.8. The Hall–Kier alpha value is -8.02. The summed E-state index contributed by atoms with van der Waals surface area (Å²) in [4.78, 5) is 4.64. The van der Waals surface area contributed by atoms with Crippen LogP contribution in [0.5, 0.6) is 11.5 Å². The number of nitrogens with zero attached hydrogens (tertiary/aromatic N) is 4. The van der Waals surface area contributed by atoms with Crippen molar-refractivity contribution in [3.8, 4) is 62.1 Å². The summed E-state index contributed by atoms with van der Waals surface area (Å²) in [7, 11) is 0. The van der Waals surface area contributed by atoms with Gasteiger partial charge in [-0.3, -0.25) is 13.7 Å². The van der Waals surface area contributed by atoms with E-state index in [1.165, 1.54) is 34.9 Å². The standard InChI is InChI=1S/C64H54N4O/c1-42-34-52(44-18-9-7-10-19-44)62(53(35-42)46-28-31-55-56(37-46)64(5,6)33-32-63(55,3)4)67-41-66(58-26-15-16-27-59(58)67)47-22-17-23-48(38-47)69-49-29-30-51-50-24-13-14-25-57(50)68(60(51)39-49)61-36-43(2)54(40-65-61)45-20-11-8-12-21-45/h7-31,34-40H,32-33H2,1-6H3/i1D3,2D3,3D3,4D3,5D3,6D3,7D,8D,9D,10D,11D,12D,18D,19D,20D,21D,28D,31D,32D2,33D2,37D. The molecule has 0 N–H and O–H groups in total. The Balaban J connectivity index is 1.13. The quantitative estimate of drug-likeness (QED) is 0.112. The van der Waals surface area contributed by atoms with Crippen molar-refractivity contribution in [2.45, 2.75) is 64.7 Å². The van der Waals surface area contributed by atoms with E-state index in [0.29, 0.717) is 21.8 Å². The minimum Gasteiger partial charge on any atom is -0.458 e. The molecule has 0 radical (unpaired) electrons. The zero-order valence-electron chi connectivity index (χ0n) is 70.7. The van der Waals surface area contributed by atoms with Crippen molar-refractivity contribution in [2.24, 2.45) is 0 Å². The third-order valence-electron chi connectivity index (χ3n) is 11.8. The van der Waals surface area contributed by atoms with E-state index in [9.17, 15) is 12.3 Å². The summed E-state index contributed by atoms with van der Waals surface area (Å²) >= 11 is 0. The lowest BCUT2D eigenvalue weighted by Crippen LogP contribution is -2.34. The SMILES string of the molecule is [2H]c1c([2H])c([2H])c(-c2cnc(-n3c4ccccc4c4ccc(Oc5cccc(-n6[c-][n+](-c7c(-c8c([2H])c([2H])c([2H])c([2H])c8[2H])cc(C([2H])([2H])[2H])cc7-c7c([2H])c([2H])c8c(c7[2H])C(C([2H])([2H])[2H])(C([2H])([2H])[2H])C([2H])([2H])C([2H])([2H])C8(C([2H])([2H])[2H])C([2H])([2H])[2H])c7ccccc76)c5)cc43)cc2C([2H])([2H])[2H])c([2H])c1[2H]. The van der Waals surface area contributed by atoms with Gasteiger partial charge in [0.25, 0.3) is 6.33 Å². The van der Waals surface area contributed by atoms with E-state index >= 15 is 0 Å². The van der Waals surface area contributed by atoms with Gasteiger partial charge in [-0.15, -0.1) is 0 Å². The highest BCUT2D eigenvalue weighted by Gasteiger charge is 2.37. The lowest BCUT2D eigenvalue weighted by molar-refractivity contribution is -0.571. The molecular formula is C64H54N4O. The second kappa shape index (κ2) is 16.3. The van der Waals surface area contributed by atoms with Crippen molar-refractivity contribution < 1.29 is 57.3 Å². The first-order chi connectivity index (χ1) is 47.9. The molecule has 0 spiro atoms. The number of ether oxygens (including phenoxy) is 1. The van der Waals surface area contributed by atoms with Gasteiger partial charge in [-0.05, 0) is 124 Å². The number of benzene rings is 8. The molecule has 1 aliphatic rings. The molecule has 336 valence electrons. The van der Waals surface area contributed by atoms with Crippen LogP contribution in [0.15, 0.2) is 194 Å². The summed E-state index contributed by atoms with van der Waals surface area (Å²) in [6, 6.07) is 13.8. The van der Waals surface area contributed by atoms with Crippen LogP contribution in [-0.4, -0.2) is 14.1 Å². The minimum absolute atomic E-state index is 0.0139. The van der Waals surface area contributed by atoms with E-state index in [2.05, 4.69) is 11.3 Å². The van der Waals surface area contributed by atoms with Gasteiger partial charge in [0.2, 0.25) is 0 Å². The van der Waals surface area contributed by atoms with Crippen LogP contribution in [0.2, 0.25) is 0 Å². The highest BCUT2D eigenvalue weighted by molar-refractivity contribution is 6.09. The summed E-state index contributed by atoms with van der Waals surface area (Å²) in [5.41, 5.74) is -17.6. The van der Waals surface area contributed by atoms with Crippen molar-refractivity contribution in [3.63, 3.8) is 0 Å². The second-order valence-corrected chi connectivity index (χ2v) is 16.1. The minimum atomic E-state index is -4.76. The number of rotatable bonds is 8. The predicted molar refractivity (Wildman–Crippen MR) is 283 cm³/mol. The number of hydrogen-bond acceptors (Lipinski definition) is 2. The van der Waals surface area contributed by atoms with Gasteiger partial charge in [0.1, 0.15) is 17.3 Å². The van der Waals surface area contributed by atoms with Gasteiger partial charge >= 0.3 is 0 Å². The molecule has 11 aromatic rings. The van der Waals surface area contributed by atoms with Crippen LogP contribution >= 0.6 is 0 Å². The first-order valence-electron chi connectivity index (χ1n) is 38.6. The summed E-state index contributed by atoms with van der Waals surface area (Å²) in [5, 5.41) is 1.31. The Labute approximate surface area is 453 Å². The Morgan fingerprint density at radius 1 is 0.623 bits per heavy atom. The zero-order valence-corrected chi connectivity index (χ0v) is 35.7. The van der Waals surface area contributed by atoms with E-state index in [1.807, 2.05) is 6.07 Å². The highest BCUT2D eigenvalue weighted by atomic mass is 16.5. The number of aromatic nitrogens is 4. The van der Waals surface area contributed by atoms with E-state index < -0.39 is 188 Å². The second-order valence-electron chi connectivity index (χ2n) is 16.1. The molecule has 3 heterocycles. The zero-order chi connectivity index (χ0) is 76.9. The molecule has 8 aromatic carbocycles. The molecule has 0 saturated carbocycles. The Morgan fingerprint density at radius 2 is 1.32 bits per heavy atom. The van der Waals surface area contributed by atoms with E-state index in [1.54, 1.807) is 65.2 Å². The van der Waals surface area contributed by atoms with Crippen molar-refractivity contribution in [1.82, 2.24) is 14.1 Å². The summed E-state index contributed by atoms with van der Waals surface area (Å²) in [6.45, 7) is -24.2. The molecule has 69 heavy (non-hydrogen) atoms. The monoisotopic (exact) mass is 930 g/mol. The molecule has 5 nitrogen and oxygen atoms in total. The molecule has 5 heteroatoms. The molecule has 0 fully saturated rings. The number of imidazole rings is 1. The van der Waals surface area contributed by atoms with Gasteiger partial charge in [0.15, 0.2) is 0 Å². The summed E-state index contributed by atoms with van der Waals surface area (Å²) in [6.07, 6.45) is -5.23. The van der Waals surface area contributed by atoms with Crippen LogP contribution < -0.4 is 9.30 Å². The molecule has 0 saturated heterocycles. The molecule has 12 rings (SSSR count). The lowest BCUT2D eigenvalue weighted by Gasteiger charge is -2.42. The molecular weight excluding hydrogens is 841 g/mol. The highest BCUT2D eigenvalue weighted by Crippen LogP contribution is 2.48. The van der Waals surface area contributed by atoms with Crippen LogP contribution in [0.3, 0.4) is 0 Å². The Kier molecular flexibility index (Phi) is 4.54. The largest absolute Gasteiger partial charge is 0.458 e. The number of para-hydroxylation sites is 3. The maximum Gasteiger partial charge on any atom is 0.269 e. The number of aryl methyl sites for hydroxylation is 2. The maximum absolute atomic E-state index is 10.2.